The number of nitrogens with zero attached hydrogens (tertiary/aromatic N) is 3. The number of sulfonamides is 1. The summed E-state index contributed by atoms with van der Waals surface area (Å²) in [6, 6.07) is 9.13. The van der Waals surface area contributed by atoms with Gasteiger partial charge in [-0.25, -0.2) is 8.42 Å². The minimum absolute atomic E-state index is 0.0490. The van der Waals surface area contributed by atoms with Crippen molar-refractivity contribution in [1.29, 1.82) is 0 Å². The van der Waals surface area contributed by atoms with Gasteiger partial charge in [-0.3, -0.25) is 4.79 Å². The fourth-order valence-corrected chi connectivity index (χ4v) is 5.31. The number of carbonyl (C=O) groups is 1. The van der Waals surface area contributed by atoms with Crippen molar-refractivity contribution in [3.63, 3.8) is 0 Å². The van der Waals surface area contributed by atoms with Gasteiger partial charge >= 0.3 is 0 Å². The molecule has 0 atom stereocenters. The van der Waals surface area contributed by atoms with Crippen LogP contribution in [-0.2, 0) is 29.9 Å². The fraction of sp³-hybridized carbons (Fsp3) is 0.421. The number of aromatic nitrogens is 1. The molecule has 4 rings (SSSR count). The van der Waals surface area contributed by atoms with Crippen molar-refractivity contribution in [1.82, 2.24) is 13.8 Å². The molecule has 26 heavy (non-hydrogen) atoms. The van der Waals surface area contributed by atoms with Crippen molar-refractivity contribution >= 4 is 15.9 Å². The predicted octanol–water partition coefficient (Wildman–Crippen LogP) is 1.66. The third kappa shape index (κ3) is 2.95. The third-order valence-corrected chi connectivity index (χ3v) is 7.29. The van der Waals surface area contributed by atoms with E-state index in [0.29, 0.717) is 36.8 Å². The van der Waals surface area contributed by atoms with Crippen molar-refractivity contribution in [2.45, 2.75) is 24.2 Å². The first-order valence-corrected chi connectivity index (χ1v) is 10.4. The zero-order chi connectivity index (χ0) is 18.3. The summed E-state index contributed by atoms with van der Waals surface area (Å²) >= 11 is 0. The number of hydrogen-bond donors (Lipinski definition) is 0. The highest BCUT2D eigenvalue weighted by atomic mass is 32.2. The van der Waals surface area contributed by atoms with Crippen LogP contribution < -0.4 is 0 Å². The number of carbonyl (C=O) groups excluding carboxylic acids is 1. The molecule has 1 fully saturated rings. The maximum absolute atomic E-state index is 13.0. The topological polar surface area (TPSA) is 62.6 Å². The van der Waals surface area contributed by atoms with Crippen LogP contribution in [0.15, 0.2) is 41.4 Å². The summed E-state index contributed by atoms with van der Waals surface area (Å²) in [6.07, 6.45) is 4.92. The second-order valence-electron chi connectivity index (χ2n) is 6.98. The van der Waals surface area contributed by atoms with Gasteiger partial charge in [-0.15, -0.1) is 0 Å². The van der Waals surface area contributed by atoms with Crippen molar-refractivity contribution in [2.24, 2.45) is 7.05 Å². The molecule has 2 heterocycles. The molecule has 1 aromatic carbocycles. The molecular weight excluding hydrogens is 350 g/mol. The van der Waals surface area contributed by atoms with E-state index in [1.165, 1.54) is 9.87 Å². The molecule has 7 heteroatoms. The van der Waals surface area contributed by atoms with Crippen LogP contribution in [0.4, 0.5) is 0 Å². The van der Waals surface area contributed by atoms with E-state index >= 15 is 0 Å². The van der Waals surface area contributed by atoms with Gasteiger partial charge in [-0.2, -0.15) is 4.31 Å². The van der Waals surface area contributed by atoms with Crippen molar-refractivity contribution < 1.29 is 13.2 Å². The minimum Gasteiger partial charge on any atom is -0.347 e. The fourth-order valence-electron chi connectivity index (χ4n) is 3.83. The lowest BCUT2D eigenvalue weighted by Crippen LogP contribution is -2.50. The number of amides is 1. The number of fused-ring (bicyclic) bond motifs is 1. The second kappa shape index (κ2) is 6.55. The van der Waals surface area contributed by atoms with E-state index in [1.54, 1.807) is 21.6 Å². The molecule has 1 aromatic heterocycles. The molecule has 138 valence electrons. The zero-order valence-electron chi connectivity index (χ0n) is 14.9. The van der Waals surface area contributed by atoms with Crippen molar-refractivity contribution in [2.75, 3.05) is 26.2 Å². The molecule has 2 aliphatic rings. The monoisotopic (exact) mass is 373 g/mol. The van der Waals surface area contributed by atoms with Gasteiger partial charge in [0.1, 0.15) is 5.69 Å². The smallest absolute Gasteiger partial charge is 0.270 e. The number of piperazine rings is 1. The molecule has 6 nitrogen and oxygen atoms in total. The van der Waals surface area contributed by atoms with Crippen molar-refractivity contribution in [3.05, 3.63) is 53.3 Å². The molecule has 0 saturated carbocycles. The largest absolute Gasteiger partial charge is 0.347 e. The average molecular weight is 373 g/mol. The maximum Gasteiger partial charge on any atom is 0.270 e. The Labute approximate surface area is 154 Å². The molecular formula is C19H23N3O3S. The Morgan fingerprint density at radius 1 is 1.00 bits per heavy atom. The normalized spacial score (nSPS) is 18.1. The standard InChI is InChI=1S/C19H23N3O3S/c1-20-9-3-6-18(20)19(23)21-10-12-22(13-11-21)26(24,25)17-8-7-15-4-2-5-16(15)14-17/h3,6-9,14H,2,4-5,10-13H2,1H3. The zero-order valence-corrected chi connectivity index (χ0v) is 15.7. The predicted molar refractivity (Wildman–Crippen MR) is 98.5 cm³/mol. The SMILES string of the molecule is Cn1cccc1C(=O)N1CCN(S(=O)(=O)c2ccc3c(c2)CCC3)CC1. The van der Waals surface area contributed by atoms with Crippen LogP contribution in [0.2, 0.25) is 0 Å². The molecule has 1 saturated heterocycles. The highest BCUT2D eigenvalue weighted by Gasteiger charge is 2.31. The van der Waals surface area contributed by atoms with Gasteiger partial charge in [-0.05, 0) is 54.7 Å². The molecule has 0 N–H and O–H groups in total. The van der Waals surface area contributed by atoms with Gasteiger partial charge in [0, 0.05) is 39.4 Å². The molecule has 0 unspecified atom stereocenters. The van der Waals surface area contributed by atoms with E-state index in [2.05, 4.69) is 0 Å². The van der Waals surface area contributed by atoms with Crippen LogP contribution >= 0.6 is 0 Å². The Morgan fingerprint density at radius 3 is 2.42 bits per heavy atom. The average Bonchev–Trinajstić information content (AvgIpc) is 3.29. The molecule has 0 spiro atoms. The van der Waals surface area contributed by atoms with E-state index < -0.39 is 10.0 Å². The first-order chi connectivity index (χ1) is 12.5. The van der Waals surface area contributed by atoms with E-state index in [9.17, 15) is 13.2 Å². The quantitative estimate of drug-likeness (QED) is 0.822. The van der Waals surface area contributed by atoms with Gasteiger partial charge in [0.05, 0.1) is 4.90 Å². The first-order valence-electron chi connectivity index (χ1n) is 8.99. The summed E-state index contributed by atoms with van der Waals surface area (Å²) < 4.78 is 29.2. The van der Waals surface area contributed by atoms with E-state index in [4.69, 9.17) is 0 Å². The van der Waals surface area contributed by atoms with Gasteiger partial charge in [-0.1, -0.05) is 6.07 Å². The van der Waals surface area contributed by atoms with Crippen LogP contribution in [-0.4, -0.2) is 54.3 Å². The summed E-state index contributed by atoms with van der Waals surface area (Å²) in [4.78, 5) is 14.7. The number of hydrogen-bond acceptors (Lipinski definition) is 3. The second-order valence-corrected chi connectivity index (χ2v) is 8.92. The van der Waals surface area contributed by atoms with Gasteiger partial charge in [0.25, 0.3) is 5.91 Å². The number of aryl methyl sites for hydroxylation is 3. The number of benzene rings is 1. The lowest BCUT2D eigenvalue weighted by molar-refractivity contribution is 0.0688. The van der Waals surface area contributed by atoms with Gasteiger partial charge in [0.2, 0.25) is 10.0 Å². The van der Waals surface area contributed by atoms with Crippen LogP contribution in [0.1, 0.15) is 28.0 Å². The summed E-state index contributed by atoms with van der Waals surface area (Å²) in [5.41, 5.74) is 3.05. The van der Waals surface area contributed by atoms with Crippen LogP contribution in [0.3, 0.4) is 0 Å². The molecule has 1 aliphatic carbocycles. The van der Waals surface area contributed by atoms with Crippen LogP contribution in [0, 0.1) is 0 Å². The molecule has 1 aliphatic heterocycles. The Morgan fingerprint density at radius 2 is 1.73 bits per heavy atom. The molecule has 2 aromatic rings. The summed E-state index contributed by atoms with van der Waals surface area (Å²) in [5.74, 6) is -0.0490. The molecule has 0 bridgehead atoms. The van der Waals surface area contributed by atoms with E-state index in [0.717, 1.165) is 24.8 Å². The Hall–Kier alpha value is -2.12. The lowest BCUT2D eigenvalue weighted by atomic mass is 10.1. The van der Waals surface area contributed by atoms with Crippen LogP contribution in [0.5, 0.6) is 0 Å². The highest BCUT2D eigenvalue weighted by molar-refractivity contribution is 7.89. The maximum atomic E-state index is 13.0. The molecule has 1 amide bonds. The lowest BCUT2D eigenvalue weighted by Gasteiger charge is -2.34. The van der Waals surface area contributed by atoms with E-state index in [-0.39, 0.29) is 5.91 Å². The minimum atomic E-state index is -3.50. The Kier molecular flexibility index (Phi) is 4.36. The Balaban J connectivity index is 1.47. The van der Waals surface area contributed by atoms with Gasteiger partial charge < -0.3 is 9.47 Å². The van der Waals surface area contributed by atoms with Gasteiger partial charge in [0.15, 0.2) is 0 Å². The van der Waals surface area contributed by atoms with Crippen molar-refractivity contribution in [3.8, 4) is 0 Å². The summed E-state index contributed by atoms with van der Waals surface area (Å²) in [5, 5.41) is 0. The Bertz CT molecular complexity index is 941. The van der Waals surface area contributed by atoms with Crippen LogP contribution in [0.25, 0.3) is 0 Å². The third-order valence-electron chi connectivity index (χ3n) is 5.40. The van der Waals surface area contributed by atoms with E-state index in [1.807, 2.05) is 31.4 Å². The molecule has 0 radical (unpaired) electrons. The highest BCUT2D eigenvalue weighted by Crippen LogP contribution is 2.26. The summed E-state index contributed by atoms with van der Waals surface area (Å²) in [6.45, 7) is 1.48. The summed E-state index contributed by atoms with van der Waals surface area (Å²) in [7, 11) is -1.67. The first kappa shape index (κ1) is 17.3. The number of rotatable bonds is 3.